The number of carbonyl (C=O) groups excluding carboxylic acids is 1. The quantitative estimate of drug-likeness (QED) is 0.864. The van der Waals surface area contributed by atoms with E-state index < -0.39 is 18.0 Å². The molecule has 0 saturated carbocycles. The predicted molar refractivity (Wildman–Crippen MR) is 89.5 cm³/mol. The molecule has 3 rings (SSSR count). The smallest absolute Gasteiger partial charge is 0.347 e. The fourth-order valence-corrected chi connectivity index (χ4v) is 3.07. The van der Waals surface area contributed by atoms with Gasteiger partial charge in [0.15, 0.2) is 0 Å². The molecule has 2 aromatic rings. The van der Waals surface area contributed by atoms with Crippen LogP contribution in [0.5, 0.6) is 0 Å². The summed E-state index contributed by atoms with van der Waals surface area (Å²) in [6.07, 6.45) is -1.24. The number of carbonyl (C=O) groups is 2. The van der Waals surface area contributed by atoms with E-state index in [-0.39, 0.29) is 10.6 Å². The van der Waals surface area contributed by atoms with Gasteiger partial charge < -0.3 is 10.4 Å². The van der Waals surface area contributed by atoms with Crippen molar-refractivity contribution >= 4 is 46.5 Å². The molecule has 1 amide bonds. The third-order valence-corrected chi connectivity index (χ3v) is 4.10. The van der Waals surface area contributed by atoms with Gasteiger partial charge in [-0.2, -0.15) is 0 Å². The molecule has 5 nitrogen and oxygen atoms in total. The second kappa shape index (κ2) is 5.76. The number of carboxylic acid groups (broad SMARTS) is 1. The normalized spacial score (nSPS) is 16.7. The van der Waals surface area contributed by atoms with E-state index in [1.807, 2.05) is 6.92 Å². The summed E-state index contributed by atoms with van der Waals surface area (Å²) >= 11 is 12.1. The molecule has 1 atom stereocenters. The monoisotopic (exact) mass is 350 g/mol. The van der Waals surface area contributed by atoms with Crippen molar-refractivity contribution in [3.8, 4) is 0 Å². The molecule has 0 spiro atoms. The Morgan fingerprint density at radius 3 is 2.48 bits per heavy atom. The first kappa shape index (κ1) is 15.6. The van der Waals surface area contributed by atoms with E-state index in [0.717, 1.165) is 5.56 Å². The van der Waals surface area contributed by atoms with Crippen LogP contribution in [0.1, 0.15) is 15.9 Å². The van der Waals surface area contributed by atoms with Crippen LogP contribution in [-0.2, 0) is 4.79 Å². The van der Waals surface area contributed by atoms with Crippen molar-refractivity contribution in [3.63, 3.8) is 0 Å². The summed E-state index contributed by atoms with van der Waals surface area (Å²) < 4.78 is 0. The number of hydrogen-bond acceptors (Lipinski definition) is 3. The topological polar surface area (TPSA) is 69.6 Å². The highest BCUT2D eigenvalue weighted by molar-refractivity contribution is 6.38. The zero-order chi connectivity index (χ0) is 16.7. The second-order valence-electron chi connectivity index (χ2n) is 5.21. The van der Waals surface area contributed by atoms with Gasteiger partial charge in [-0.05, 0) is 31.2 Å². The Morgan fingerprint density at radius 1 is 1.22 bits per heavy atom. The summed E-state index contributed by atoms with van der Waals surface area (Å²) in [4.78, 5) is 25.6. The van der Waals surface area contributed by atoms with E-state index in [2.05, 4.69) is 5.32 Å². The number of benzene rings is 2. The van der Waals surface area contributed by atoms with E-state index in [9.17, 15) is 14.7 Å². The molecule has 0 saturated heterocycles. The Balaban J connectivity index is 2.16. The minimum absolute atomic E-state index is 0.172. The summed E-state index contributed by atoms with van der Waals surface area (Å²) in [6, 6.07) is 9.94. The van der Waals surface area contributed by atoms with Crippen molar-refractivity contribution < 1.29 is 14.7 Å². The molecule has 118 valence electrons. The van der Waals surface area contributed by atoms with Crippen LogP contribution in [0.15, 0.2) is 36.4 Å². The molecular formula is C16H12Cl2N2O3. The Hall–Kier alpha value is -2.24. The standard InChI is InChI=1S/C16H12Cl2N2O3/c1-8-2-4-10(5-3-8)20-14(16(22)23)19-12-7-9(17)6-11(18)13(12)15(20)21/h2-7,14,19H,1H3,(H,22,23). The highest BCUT2D eigenvalue weighted by Gasteiger charge is 2.38. The van der Waals surface area contributed by atoms with E-state index in [1.165, 1.54) is 17.0 Å². The van der Waals surface area contributed by atoms with Crippen molar-refractivity contribution in [1.82, 2.24) is 0 Å². The number of nitrogens with one attached hydrogen (secondary N) is 1. The van der Waals surface area contributed by atoms with Crippen LogP contribution < -0.4 is 10.2 Å². The molecule has 1 heterocycles. The number of carboxylic acids is 1. The molecule has 0 fully saturated rings. The van der Waals surface area contributed by atoms with Gasteiger partial charge in [0.25, 0.3) is 5.91 Å². The second-order valence-corrected chi connectivity index (χ2v) is 6.05. The summed E-state index contributed by atoms with van der Waals surface area (Å²) in [5.41, 5.74) is 1.98. The highest BCUT2D eigenvalue weighted by atomic mass is 35.5. The number of nitrogens with zero attached hydrogens (tertiary/aromatic N) is 1. The van der Waals surface area contributed by atoms with Gasteiger partial charge in [-0.3, -0.25) is 9.69 Å². The molecule has 0 aromatic heterocycles. The Labute approximate surface area is 142 Å². The van der Waals surface area contributed by atoms with Gasteiger partial charge in [-0.15, -0.1) is 0 Å². The van der Waals surface area contributed by atoms with Crippen LogP contribution in [0.2, 0.25) is 10.0 Å². The first-order chi connectivity index (χ1) is 10.9. The van der Waals surface area contributed by atoms with Crippen LogP contribution >= 0.6 is 23.2 Å². The lowest BCUT2D eigenvalue weighted by molar-refractivity contribution is -0.137. The maximum atomic E-state index is 12.8. The first-order valence-electron chi connectivity index (χ1n) is 6.77. The lowest BCUT2D eigenvalue weighted by Crippen LogP contribution is -2.53. The van der Waals surface area contributed by atoms with Crippen LogP contribution in [0, 0.1) is 6.92 Å². The predicted octanol–water partition coefficient (Wildman–Crippen LogP) is 3.78. The average Bonchev–Trinajstić information content (AvgIpc) is 2.47. The number of hydrogen-bond donors (Lipinski definition) is 2. The molecule has 1 unspecified atom stereocenters. The van der Waals surface area contributed by atoms with Gasteiger partial charge >= 0.3 is 5.97 Å². The summed E-state index contributed by atoms with van der Waals surface area (Å²) in [5, 5.41) is 12.8. The number of fused-ring (bicyclic) bond motifs is 1. The Morgan fingerprint density at radius 2 is 1.87 bits per heavy atom. The SMILES string of the molecule is Cc1ccc(N2C(=O)c3c(Cl)cc(Cl)cc3NC2C(=O)O)cc1. The fraction of sp³-hybridized carbons (Fsp3) is 0.125. The number of aryl methyl sites for hydroxylation is 1. The van der Waals surface area contributed by atoms with Crippen LogP contribution in [-0.4, -0.2) is 23.1 Å². The van der Waals surface area contributed by atoms with E-state index >= 15 is 0 Å². The van der Waals surface area contributed by atoms with Gasteiger partial charge in [0, 0.05) is 10.7 Å². The lowest BCUT2D eigenvalue weighted by atomic mass is 10.1. The first-order valence-corrected chi connectivity index (χ1v) is 7.52. The minimum atomic E-state index is -1.24. The summed E-state index contributed by atoms with van der Waals surface area (Å²) in [5.74, 6) is -1.67. The van der Waals surface area contributed by atoms with Crippen molar-refractivity contribution in [2.24, 2.45) is 0 Å². The van der Waals surface area contributed by atoms with Gasteiger partial charge in [0.05, 0.1) is 16.3 Å². The maximum Gasteiger partial charge on any atom is 0.347 e. The molecule has 23 heavy (non-hydrogen) atoms. The number of aliphatic carboxylic acids is 1. The molecule has 2 aromatic carbocycles. The van der Waals surface area contributed by atoms with Crippen LogP contribution in [0.25, 0.3) is 0 Å². The van der Waals surface area contributed by atoms with Gasteiger partial charge in [0.2, 0.25) is 6.17 Å². The highest BCUT2D eigenvalue weighted by Crippen LogP contribution is 2.36. The summed E-state index contributed by atoms with van der Waals surface area (Å²) in [7, 11) is 0. The van der Waals surface area contributed by atoms with Crippen molar-refractivity contribution in [2.75, 3.05) is 10.2 Å². The fourth-order valence-electron chi connectivity index (χ4n) is 2.50. The van der Waals surface area contributed by atoms with Crippen molar-refractivity contribution in [2.45, 2.75) is 13.1 Å². The molecule has 1 aliphatic heterocycles. The molecule has 0 aliphatic carbocycles. The molecule has 2 N–H and O–H groups in total. The third kappa shape index (κ3) is 2.73. The molecule has 7 heteroatoms. The van der Waals surface area contributed by atoms with E-state index in [1.54, 1.807) is 24.3 Å². The Kier molecular flexibility index (Phi) is 3.92. The molecule has 1 aliphatic rings. The molecule has 0 radical (unpaired) electrons. The molecular weight excluding hydrogens is 339 g/mol. The largest absolute Gasteiger partial charge is 0.478 e. The molecule has 0 bridgehead atoms. The van der Waals surface area contributed by atoms with Gasteiger partial charge in [-0.25, -0.2) is 4.79 Å². The third-order valence-electron chi connectivity index (χ3n) is 3.58. The van der Waals surface area contributed by atoms with E-state index in [0.29, 0.717) is 16.4 Å². The van der Waals surface area contributed by atoms with E-state index in [4.69, 9.17) is 23.2 Å². The van der Waals surface area contributed by atoms with Crippen LogP contribution in [0.4, 0.5) is 11.4 Å². The Bertz CT molecular complexity index is 806. The van der Waals surface area contributed by atoms with Crippen molar-refractivity contribution in [3.05, 3.63) is 57.6 Å². The number of anilines is 2. The average molecular weight is 351 g/mol. The van der Waals surface area contributed by atoms with Gasteiger partial charge in [0.1, 0.15) is 0 Å². The zero-order valence-corrected chi connectivity index (χ0v) is 13.5. The summed E-state index contributed by atoms with van der Waals surface area (Å²) in [6.45, 7) is 1.91. The lowest BCUT2D eigenvalue weighted by Gasteiger charge is -2.35. The number of amides is 1. The maximum absolute atomic E-state index is 12.8. The number of rotatable bonds is 2. The zero-order valence-electron chi connectivity index (χ0n) is 12.0. The minimum Gasteiger partial charge on any atom is -0.478 e. The van der Waals surface area contributed by atoms with Crippen molar-refractivity contribution in [1.29, 1.82) is 0 Å². The number of halogens is 2. The van der Waals surface area contributed by atoms with Crippen LogP contribution in [0.3, 0.4) is 0 Å². The van der Waals surface area contributed by atoms with Gasteiger partial charge in [-0.1, -0.05) is 40.9 Å².